The number of nitrogens with two attached hydrogens (primary N) is 1. The molecule has 1 aliphatic rings. The van der Waals surface area contributed by atoms with Gasteiger partial charge in [0.05, 0.1) is 18.6 Å². The van der Waals surface area contributed by atoms with Gasteiger partial charge in [-0.25, -0.2) is 4.39 Å². The Bertz CT molecular complexity index is 533. The predicted molar refractivity (Wildman–Crippen MR) is 72.1 cm³/mol. The van der Waals surface area contributed by atoms with Gasteiger partial charge in [0, 0.05) is 11.6 Å². The Balaban J connectivity index is 2.41. The molecule has 0 saturated carbocycles. The van der Waals surface area contributed by atoms with Crippen molar-refractivity contribution in [2.75, 3.05) is 6.54 Å². The summed E-state index contributed by atoms with van der Waals surface area (Å²) in [7, 11) is 0. The lowest BCUT2D eigenvalue weighted by atomic mass is 9.96. The highest BCUT2D eigenvalue weighted by molar-refractivity contribution is 6.00. The van der Waals surface area contributed by atoms with Crippen LogP contribution in [0.4, 0.5) is 4.39 Å². The van der Waals surface area contributed by atoms with E-state index in [0.29, 0.717) is 5.56 Å². The summed E-state index contributed by atoms with van der Waals surface area (Å²) in [4.78, 5) is 25.0. The molecule has 2 rings (SSSR count). The third-order valence-corrected chi connectivity index (χ3v) is 3.54. The van der Waals surface area contributed by atoms with Crippen molar-refractivity contribution in [3.63, 3.8) is 0 Å². The smallest absolute Gasteiger partial charge is 0.243 e. The minimum atomic E-state index is -0.539. The van der Waals surface area contributed by atoms with E-state index < -0.39 is 24.0 Å². The van der Waals surface area contributed by atoms with Crippen LogP contribution in [0, 0.1) is 5.82 Å². The average molecular weight is 279 g/mol. The van der Waals surface area contributed by atoms with Gasteiger partial charge in [-0.05, 0) is 19.9 Å². The van der Waals surface area contributed by atoms with Crippen LogP contribution in [-0.4, -0.2) is 35.3 Å². The van der Waals surface area contributed by atoms with E-state index in [2.05, 4.69) is 5.32 Å². The van der Waals surface area contributed by atoms with Gasteiger partial charge in [0.25, 0.3) is 0 Å². The first-order valence-electron chi connectivity index (χ1n) is 6.51. The molecule has 1 aliphatic heterocycles. The summed E-state index contributed by atoms with van der Waals surface area (Å²) >= 11 is 0. The highest BCUT2D eigenvalue weighted by atomic mass is 19.1. The number of piperazine rings is 1. The van der Waals surface area contributed by atoms with E-state index in [1.165, 1.54) is 6.07 Å². The quantitative estimate of drug-likeness (QED) is 0.793. The molecule has 1 aromatic carbocycles. The van der Waals surface area contributed by atoms with E-state index >= 15 is 0 Å². The van der Waals surface area contributed by atoms with E-state index in [-0.39, 0.29) is 18.3 Å². The molecule has 3 N–H and O–H groups in total. The second-order valence-corrected chi connectivity index (χ2v) is 5.09. The Kier molecular flexibility index (Phi) is 4.15. The molecule has 1 aromatic rings. The standard InChI is InChI=1S/C14H18FN3O2/c1-8(16)13(10-5-3-4-6-11(10)15)18-7-12(19)17-14(20)9(18)2/h3-6,8-9,13H,7,16H2,1-2H3,(H,17,19,20). The molecular weight excluding hydrogens is 261 g/mol. The van der Waals surface area contributed by atoms with Crippen LogP contribution >= 0.6 is 0 Å². The number of rotatable bonds is 3. The van der Waals surface area contributed by atoms with Gasteiger partial charge < -0.3 is 5.73 Å². The minimum absolute atomic E-state index is 0.0213. The van der Waals surface area contributed by atoms with Crippen LogP contribution in [0.15, 0.2) is 24.3 Å². The van der Waals surface area contributed by atoms with Crippen LogP contribution < -0.4 is 11.1 Å². The normalized spacial score (nSPS) is 23.3. The topological polar surface area (TPSA) is 75.4 Å². The van der Waals surface area contributed by atoms with Crippen LogP contribution in [0.2, 0.25) is 0 Å². The van der Waals surface area contributed by atoms with Gasteiger partial charge in [-0.2, -0.15) is 0 Å². The Morgan fingerprint density at radius 1 is 1.40 bits per heavy atom. The molecule has 0 aromatic heterocycles. The van der Waals surface area contributed by atoms with Crippen LogP contribution in [-0.2, 0) is 9.59 Å². The lowest BCUT2D eigenvalue weighted by Gasteiger charge is -2.40. The van der Waals surface area contributed by atoms with Gasteiger partial charge in [0.1, 0.15) is 5.82 Å². The second kappa shape index (κ2) is 5.68. The zero-order chi connectivity index (χ0) is 14.9. The van der Waals surface area contributed by atoms with Crippen molar-refractivity contribution in [1.29, 1.82) is 0 Å². The van der Waals surface area contributed by atoms with Crippen LogP contribution in [0.1, 0.15) is 25.5 Å². The zero-order valence-corrected chi connectivity index (χ0v) is 11.5. The molecule has 0 bridgehead atoms. The van der Waals surface area contributed by atoms with Gasteiger partial charge in [-0.15, -0.1) is 0 Å². The van der Waals surface area contributed by atoms with E-state index in [0.717, 1.165) is 0 Å². The number of carbonyl (C=O) groups is 2. The average Bonchev–Trinajstić information content (AvgIpc) is 2.37. The molecule has 2 amide bonds. The maximum atomic E-state index is 14.0. The molecule has 1 heterocycles. The maximum absolute atomic E-state index is 14.0. The first kappa shape index (κ1) is 14.6. The van der Waals surface area contributed by atoms with Crippen molar-refractivity contribution in [2.24, 2.45) is 5.73 Å². The molecule has 0 spiro atoms. The zero-order valence-electron chi connectivity index (χ0n) is 11.5. The number of carbonyl (C=O) groups excluding carboxylic acids is 2. The third-order valence-electron chi connectivity index (χ3n) is 3.54. The van der Waals surface area contributed by atoms with Crippen molar-refractivity contribution >= 4 is 11.8 Å². The number of benzene rings is 1. The van der Waals surface area contributed by atoms with Gasteiger partial charge in [-0.1, -0.05) is 18.2 Å². The fourth-order valence-corrected chi connectivity index (χ4v) is 2.55. The fraction of sp³-hybridized carbons (Fsp3) is 0.429. The molecule has 6 heteroatoms. The minimum Gasteiger partial charge on any atom is -0.326 e. The number of amides is 2. The van der Waals surface area contributed by atoms with Crippen molar-refractivity contribution in [3.8, 4) is 0 Å². The number of halogens is 1. The molecule has 0 aliphatic carbocycles. The largest absolute Gasteiger partial charge is 0.326 e. The van der Waals surface area contributed by atoms with Gasteiger partial charge in [0.15, 0.2) is 0 Å². The number of imide groups is 1. The first-order valence-corrected chi connectivity index (χ1v) is 6.51. The summed E-state index contributed by atoms with van der Waals surface area (Å²) in [6.07, 6.45) is 0. The van der Waals surface area contributed by atoms with Crippen LogP contribution in [0.25, 0.3) is 0 Å². The summed E-state index contributed by atoms with van der Waals surface area (Å²) in [5.74, 6) is -1.17. The van der Waals surface area contributed by atoms with Crippen LogP contribution in [0.3, 0.4) is 0 Å². The lowest BCUT2D eigenvalue weighted by molar-refractivity contribution is -0.141. The Morgan fingerprint density at radius 3 is 2.65 bits per heavy atom. The summed E-state index contributed by atoms with van der Waals surface area (Å²) in [5, 5.41) is 2.26. The predicted octanol–water partition coefficient (Wildman–Crippen LogP) is 0.561. The molecule has 1 saturated heterocycles. The molecule has 0 radical (unpaired) electrons. The van der Waals surface area contributed by atoms with Crippen molar-refractivity contribution < 1.29 is 14.0 Å². The Labute approximate surface area is 116 Å². The monoisotopic (exact) mass is 279 g/mol. The van der Waals surface area contributed by atoms with E-state index in [4.69, 9.17) is 5.73 Å². The SMILES string of the molecule is CC(N)C(c1ccccc1F)N1CC(=O)NC(=O)C1C. The molecule has 5 nitrogen and oxygen atoms in total. The number of nitrogens with zero attached hydrogens (tertiary/aromatic N) is 1. The summed E-state index contributed by atoms with van der Waals surface area (Å²) in [6, 6.07) is 4.80. The molecule has 3 unspecified atom stereocenters. The maximum Gasteiger partial charge on any atom is 0.243 e. The molecule has 3 atom stereocenters. The molecule has 20 heavy (non-hydrogen) atoms. The molecule has 108 valence electrons. The first-order chi connectivity index (χ1) is 9.41. The Morgan fingerprint density at radius 2 is 2.05 bits per heavy atom. The highest BCUT2D eigenvalue weighted by Crippen LogP contribution is 2.28. The summed E-state index contributed by atoms with van der Waals surface area (Å²) in [6.45, 7) is 3.44. The number of nitrogens with one attached hydrogen (secondary N) is 1. The van der Waals surface area contributed by atoms with E-state index in [1.54, 1.807) is 36.9 Å². The summed E-state index contributed by atoms with van der Waals surface area (Å²) in [5.41, 5.74) is 6.37. The Hall–Kier alpha value is -1.79. The van der Waals surface area contributed by atoms with E-state index in [1.807, 2.05) is 0 Å². The highest BCUT2D eigenvalue weighted by Gasteiger charge is 2.37. The fourth-order valence-electron chi connectivity index (χ4n) is 2.55. The van der Waals surface area contributed by atoms with Gasteiger partial charge in [0.2, 0.25) is 11.8 Å². The van der Waals surface area contributed by atoms with Crippen molar-refractivity contribution in [2.45, 2.75) is 32.0 Å². The summed E-state index contributed by atoms with van der Waals surface area (Å²) < 4.78 is 14.0. The number of hydrogen-bond donors (Lipinski definition) is 2. The van der Waals surface area contributed by atoms with Gasteiger partial charge in [-0.3, -0.25) is 19.8 Å². The van der Waals surface area contributed by atoms with Crippen molar-refractivity contribution in [1.82, 2.24) is 10.2 Å². The lowest BCUT2D eigenvalue weighted by Crippen LogP contribution is -2.59. The van der Waals surface area contributed by atoms with Crippen molar-refractivity contribution in [3.05, 3.63) is 35.6 Å². The van der Waals surface area contributed by atoms with Crippen LogP contribution in [0.5, 0.6) is 0 Å². The molecular formula is C14H18FN3O2. The van der Waals surface area contributed by atoms with Gasteiger partial charge >= 0.3 is 0 Å². The van der Waals surface area contributed by atoms with E-state index in [9.17, 15) is 14.0 Å². The third kappa shape index (κ3) is 2.71. The molecule has 1 fully saturated rings. The number of hydrogen-bond acceptors (Lipinski definition) is 4. The second-order valence-electron chi connectivity index (χ2n) is 5.09.